The molecule has 1 unspecified atom stereocenters. The Morgan fingerprint density at radius 2 is 1.82 bits per heavy atom. The molecule has 1 aliphatic heterocycles. The number of carbonyl (C=O) groups excluding carboxylic acids is 1. The van der Waals surface area contributed by atoms with Crippen molar-refractivity contribution in [3.05, 3.63) is 90.3 Å². The van der Waals surface area contributed by atoms with Gasteiger partial charge in [-0.1, -0.05) is 61.2 Å². The highest BCUT2D eigenvalue weighted by Gasteiger charge is 2.46. The molecule has 8 nitrogen and oxygen atoms in total. The number of amidine groups is 1. The lowest BCUT2D eigenvalue weighted by Crippen LogP contribution is -2.43. The summed E-state index contributed by atoms with van der Waals surface area (Å²) in [6.07, 6.45) is 0.282. The van der Waals surface area contributed by atoms with Gasteiger partial charge in [0, 0.05) is 23.0 Å². The second kappa shape index (κ2) is 12.0. The average Bonchev–Trinajstić information content (AvgIpc) is 3.61. The number of urea groups is 1. The predicted molar refractivity (Wildman–Crippen MR) is 165 cm³/mol. The van der Waals surface area contributed by atoms with Crippen molar-refractivity contribution in [2.24, 2.45) is 4.99 Å². The largest absolute Gasteiger partial charge is 0.573 e. The Bertz CT molecular complexity index is 1670. The number of hydrogen-bond acceptors (Lipinski definition) is 5. The highest BCUT2D eigenvalue weighted by molar-refractivity contribution is 8.14. The molecule has 2 fully saturated rings. The maximum Gasteiger partial charge on any atom is 0.573 e. The summed E-state index contributed by atoms with van der Waals surface area (Å²) in [5.74, 6) is 1.06. The zero-order chi connectivity index (χ0) is 30.9. The van der Waals surface area contributed by atoms with E-state index >= 15 is 0 Å². The van der Waals surface area contributed by atoms with Crippen LogP contribution < -0.4 is 15.0 Å². The van der Waals surface area contributed by atoms with E-state index in [2.05, 4.69) is 56.0 Å². The lowest BCUT2D eigenvalue weighted by atomic mass is 10.0. The maximum absolute atomic E-state index is 13.3. The number of carbonyl (C=O) groups is 1. The number of nitrogens with zero attached hydrogens (tertiary/aromatic N) is 5. The molecule has 44 heavy (non-hydrogen) atoms. The zero-order valence-corrected chi connectivity index (χ0v) is 25.0. The first-order chi connectivity index (χ1) is 21.1. The van der Waals surface area contributed by atoms with Crippen LogP contribution in [0.2, 0.25) is 0 Å². The van der Waals surface area contributed by atoms with Crippen LogP contribution in [0.15, 0.2) is 84.1 Å². The van der Waals surface area contributed by atoms with Gasteiger partial charge in [-0.05, 0) is 74.1 Å². The molecule has 1 saturated heterocycles. The molecule has 0 radical (unpaired) electrons. The smallest absolute Gasteiger partial charge is 0.406 e. The second-order valence-electron chi connectivity index (χ2n) is 10.9. The van der Waals surface area contributed by atoms with Crippen LogP contribution >= 0.6 is 11.8 Å². The topological polar surface area (TPSA) is 84.6 Å². The van der Waals surface area contributed by atoms with E-state index in [1.54, 1.807) is 11.8 Å². The third-order valence-corrected chi connectivity index (χ3v) is 8.85. The van der Waals surface area contributed by atoms with Gasteiger partial charge in [-0.25, -0.2) is 14.5 Å². The summed E-state index contributed by atoms with van der Waals surface area (Å²) in [4.78, 5) is 24.4. The van der Waals surface area contributed by atoms with Crippen LogP contribution in [0.25, 0.3) is 17.1 Å². The molecule has 3 aromatic carbocycles. The number of anilines is 1. The van der Waals surface area contributed by atoms with Crippen LogP contribution in [-0.4, -0.2) is 44.1 Å². The van der Waals surface area contributed by atoms with Crippen molar-refractivity contribution in [3.8, 4) is 22.8 Å². The number of aromatic nitrogens is 3. The Balaban J connectivity index is 1.15. The first-order valence-electron chi connectivity index (χ1n) is 14.4. The molecule has 1 N–H and O–H groups in total. The number of aliphatic imine (C=N–C) groups is 1. The van der Waals surface area contributed by atoms with Crippen molar-refractivity contribution in [2.45, 2.75) is 57.5 Å². The zero-order valence-electron chi connectivity index (χ0n) is 24.2. The number of amides is 2. The van der Waals surface area contributed by atoms with Crippen LogP contribution in [0.4, 0.5) is 23.7 Å². The Morgan fingerprint density at radius 1 is 1.09 bits per heavy atom. The minimum Gasteiger partial charge on any atom is -0.406 e. The summed E-state index contributed by atoms with van der Waals surface area (Å²) < 4.78 is 42.8. The normalized spacial score (nSPS) is 18.7. The number of nitrogens with one attached hydrogen (secondary N) is 1. The van der Waals surface area contributed by atoms with Crippen LogP contribution in [0.1, 0.15) is 44.2 Å². The maximum atomic E-state index is 13.3. The Morgan fingerprint density at radius 3 is 2.50 bits per heavy atom. The van der Waals surface area contributed by atoms with Crippen LogP contribution in [0, 0.1) is 0 Å². The average molecular weight is 621 g/mol. The molecule has 228 valence electrons. The quantitative estimate of drug-likeness (QED) is 0.231. The fourth-order valence-corrected chi connectivity index (χ4v) is 6.57. The number of aryl methyl sites for hydroxylation is 1. The summed E-state index contributed by atoms with van der Waals surface area (Å²) in [5.41, 5.74) is 4.14. The minimum absolute atomic E-state index is 0.234. The van der Waals surface area contributed by atoms with E-state index in [1.165, 1.54) is 40.8 Å². The second-order valence-corrected chi connectivity index (χ2v) is 11.9. The van der Waals surface area contributed by atoms with Gasteiger partial charge in [0.1, 0.15) is 12.1 Å². The van der Waals surface area contributed by atoms with E-state index in [-0.39, 0.29) is 17.8 Å². The number of halogens is 3. The molecule has 0 spiro atoms. The number of hydrogen-bond donors (Lipinski definition) is 1. The molecule has 12 heteroatoms. The first-order valence-corrected chi connectivity index (χ1v) is 15.4. The van der Waals surface area contributed by atoms with Crippen molar-refractivity contribution in [1.82, 2.24) is 20.1 Å². The fourth-order valence-electron chi connectivity index (χ4n) is 5.37. The molecule has 1 aromatic heterocycles. The van der Waals surface area contributed by atoms with Crippen molar-refractivity contribution >= 4 is 28.6 Å². The molecule has 1 saturated carbocycles. The van der Waals surface area contributed by atoms with E-state index in [4.69, 9.17) is 0 Å². The first kappa shape index (κ1) is 29.7. The van der Waals surface area contributed by atoms with E-state index in [1.807, 2.05) is 36.4 Å². The van der Waals surface area contributed by atoms with E-state index < -0.39 is 11.9 Å². The van der Waals surface area contributed by atoms with Gasteiger partial charge in [0.05, 0.1) is 11.2 Å². The van der Waals surface area contributed by atoms with Gasteiger partial charge in [-0.3, -0.25) is 0 Å². The number of ether oxygens (including phenoxy) is 1. The molecule has 2 aliphatic rings. The van der Waals surface area contributed by atoms with Gasteiger partial charge in [0.2, 0.25) is 0 Å². The van der Waals surface area contributed by atoms with Gasteiger partial charge in [0.25, 0.3) is 0 Å². The highest BCUT2D eigenvalue weighted by atomic mass is 32.2. The van der Waals surface area contributed by atoms with Crippen molar-refractivity contribution in [3.63, 3.8) is 0 Å². The summed E-state index contributed by atoms with van der Waals surface area (Å²) in [6, 6.07) is 21.3. The molecule has 1 aliphatic carbocycles. The van der Waals surface area contributed by atoms with Crippen molar-refractivity contribution in [2.75, 3.05) is 10.7 Å². The molecular weight excluding hydrogens is 589 g/mol. The standard InChI is InChI=1S/C32H31F3N6O2S/c1-3-22-6-4-5-7-27(22)41-21(2)16-19-44-30(41)37-29(42)38-31(17-18-31)24-10-8-23(9-11-24)28-36-20-40(39-28)25-12-14-26(15-13-25)43-32(33,34)35/h4-15,20-21H,3,16-19H2,1-2H3,(H,38,42)/b37-30-. The van der Waals surface area contributed by atoms with Gasteiger partial charge in [-0.2, -0.15) is 4.99 Å². The van der Waals surface area contributed by atoms with E-state index in [0.717, 1.165) is 53.4 Å². The third kappa shape index (κ3) is 6.45. The Labute approximate surface area is 257 Å². The Hall–Kier alpha value is -4.32. The van der Waals surface area contributed by atoms with Crippen LogP contribution in [-0.2, 0) is 12.0 Å². The highest BCUT2D eigenvalue weighted by Crippen LogP contribution is 2.46. The number of rotatable bonds is 7. The molecule has 2 heterocycles. The predicted octanol–water partition coefficient (Wildman–Crippen LogP) is 7.48. The summed E-state index contributed by atoms with van der Waals surface area (Å²) in [6.45, 7) is 4.30. The summed E-state index contributed by atoms with van der Waals surface area (Å²) >= 11 is 1.61. The molecule has 2 amide bonds. The lowest BCUT2D eigenvalue weighted by molar-refractivity contribution is -0.274. The third-order valence-electron chi connectivity index (χ3n) is 7.86. The number of thioether (sulfide) groups is 1. The van der Waals surface area contributed by atoms with Crippen molar-refractivity contribution < 1.29 is 22.7 Å². The molecule has 0 bridgehead atoms. The number of benzene rings is 3. The summed E-state index contributed by atoms with van der Waals surface area (Å²) in [5, 5.41) is 8.36. The van der Waals surface area contributed by atoms with Crippen LogP contribution in [0.3, 0.4) is 0 Å². The van der Waals surface area contributed by atoms with Crippen LogP contribution in [0.5, 0.6) is 5.75 Å². The number of alkyl halides is 3. The molecule has 4 aromatic rings. The molecule has 1 atom stereocenters. The van der Waals surface area contributed by atoms with E-state index in [0.29, 0.717) is 11.5 Å². The van der Waals surface area contributed by atoms with E-state index in [9.17, 15) is 18.0 Å². The Kier molecular flexibility index (Phi) is 8.10. The summed E-state index contributed by atoms with van der Waals surface area (Å²) in [7, 11) is 0. The molecular formula is C32H31F3N6O2S. The van der Waals surface area contributed by atoms with Crippen molar-refractivity contribution in [1.29, 1.82) is 0 Å². The van der Waals surface area contributed by atoms with Gasteiger partial charge in [-0.15, -0.1) is 18.3 Å². The minimum atomic E-state index is -4.75. The van der Waals surface area contributed by atoms with Gasteiger partial charge in [0.15, 0.2) is 11.0 Å². The van der Waals surface area contributed by atoms with Gasteiger partial charge >= 0.3 is 12.4 Å². The molecule has 6 rings (SSSR count). The monoisotopic (exact) mass is 620 g/mol. The fraction of sp³-hybridized carbons (Fsp3) is 0.312. The number of para-hydroxylation sites is 1. The van der Waals surface area contributed by atoms with Gasteiger partial charge < -0.3 is 15.0 Å². The lowest BCUT2D eigenvalue weighted by Gasteiger charge is -2.36. The SMILES string of the molecule is CCc1ccccc1N1/C(=N/C(=O)NC2(c3ccc(-c4ncn(-c5ccc(OC(F)(F)F)cc5)n4)cc3)CC2)SCCC1C.